The van der Waals surface area contributed by atoms with E-state index in [1.807, 2.05) is 6.07 Å². The van der Waals surface area contributed by atoms with Crippen molar-refractivity contribution in [2.75, 3.05) is 0 Å². The van der Waals surface area contributed by atoms with Gasteiger partial charge < -0.3 is 0 Å². The van der Waals surface area contributed by atoms with Crippen LogP contribution in [0.1, 0.15) is 49.6 Å². The van der Waals surface area contributed by atoms with Gasteiger partial charge in [0.15, 0.2) is 0 Å². The van der Waals surface area contributed by atoms with Crippen molar-refractivity contribution >= 4 is 0 Å². The average molecular weight is 431 g/mol. The zero-order chi connectivity index (χ0) is 22.1. The van der Waals surface area contributed by atoms with E-state index in [4.69, 9.17) is 4.98 Å². The van der Waals surface area contributed by atoms with E-state index < -0.39 is 17.0 Å². The molecular formula is C23H19F2N7. The second-order valence-corrected chi connectivity index (χ2v) is 8.94. The summed E-state index contributed by atoms with van der Waals surface area (Å²) in [6.07, 6.45) is 6.76. The van der Waals surface area contributed by atoms with E-state index in [2.05, 4.69) is 39.3 Å². The molecule has 0 aliphatic heterocycles. The van der Waals surface area contributed by atoms with E-state index >= 15 is 0 Å². The van der Waals surface area contributed by atoms with Gasteiger partial charge in [-0.3, -0.25) is 0 Å². The summed E-state index contributed by atoms with van der Waals surface area (Å²) in [4.78, 5) is 9.17. The normalized spacial score (nSPS) is 22.8. The molecule has 0 spiro atoms. The molecule has 0 saturated heterocycles. The fourth-order valence-electron chi connectivity index (χ4n) is 5.77. The van der Waals surface area contributed by atoms with E-state index in [0.29, 0.717) is 5.95 Å². The molecule has 2 bridgehead atoms. The van der Waals surface area contributed by atoms with Crippen LogP contribution in [0, 0.1) is 17.0 Å². The number of rotatable bonds is 3. The van der Waals surface area contributed by atoms with Crippen molar-refractivity contribution in [3.63, 3.8) is 0 Å². The van der Waals surface area contributed by atoms with Crippen molar-refractivity contribution in [1.29, 1.82) is 0 Å². The minimum absolute atomic E-state index is 0.145. The molecule has 3 aromatic heterocycles. The van der Waals surface area contributed by atoms with Crippen LogP contribution in [-0.2, 0) is 5.41 Å². The molecule has 7 nitrogen and oxygen atoms in total. The zero-order valence-corrected chi connectivity index (χ0v) is 17.5. The lowest BCUT2D eigenvalue weighted by Crippen LogP contribution is -2.38. The molecule has 9 heteroatoms. The van der Waals surface area contributed by atoms with E-state index in [0.717, 1.165) is 29.8 Å². The van der Waals surface area contributed by atoms with Crippen LogP contribution in [0.4, 0.5) is 8.78 Å². The van der Waals surface area contributed by atoms with Crippen molar-refractivity contribution in [2.24, 2.45) is 5.41 Å². The summed E-state index contributed by atoms with van der Waals surface area (Å²) >= 11 is 0. The minimum atomic E-state index is -0.648. The molecule has 1 aromatic carbocycles. The summed E-state index contributed by atoms with van der Waals surface area (Å²) in [6, 6.07) is 7.52. The van der Waals surface area contributed by atoms with Gasteiger partial charge in [-0.1, -0.05) is 25.1 Å². The Kier molecular flexibility index (Phi) is 3.84. The largest absolute Gasteiger partial charge is 0.252 e. The fraction of sp³-hybridized carbons (Fsp3) is 0.304. The molecule has 32 heavy (non-hydrogen) atoms. The maximum atomic E-state index is 14.4. The van der Waals surface area contributed by atoms with Gasteiger partial charge in [-0.05, 0) is 54.0 Å². The van der Waals surface area contributed by atoms with Crippen LogP contribution in [-0.4, -0.2) is 35.2 Å². The quantitative estimate of drug-likeness (QED) is 0.488. The number of fused-ring (bicyclic) bond motifs is 5. The highest BCUT2D eigenvalue weighted by Gasteiger charge is 2.65. The van der Waals surface area contributed by atoms with Gasteiger partial charge in [-0.25, -0.2) is 18.7 Å². The molecule has 4 aromatic rings. The van der Waals surface area contributed by atoms with Gasteiger partial charge in [-0.2, -0.15) is 9.78 Å². The third-order valence-corrected chi connectivity index (χ3v) is 7.31. The summed E-state index contributed by atoms with van der Waals surface area (Å²) in [5.74, 6) is -0.694. The first-order valence-corrected chi connectivity index (χ1v) is 10.5. The highest BCUT2D eigenvalue weighted by atomic mass is 19.1. The number of hydrogen-bond donors (Lipinski definition) is 0. The standard InChI is InChI=1S/C23H19F2N7/c1-22(2)14-6-8-23(22,18-7-9-26-21(28-18)32-11-10-27-31-32)20-13(14)12-17(29-30-20)19-15(24)4-3-5-16(19)25/h3-5,7,9-12,14H,6,8H2,1-2H3/t14-,23+/m0/s1. The molecule has 1 fully saturated rings. The molecule has 2 atom stereocenters. The van der Waals surface area contributed by atoms with Crippen LogP contribution in [0.3, 0.4) is 0 Å². The molecule has 2 aliphatic carbocycles. The summed E-state index contributed by atoms with van der Waals surface area (Å²) in [5, 5.41) is 16.7. The average Bonchev–Trinajstić information content (AvgIpc) is 3.45. The maximum absolute atomic E-state index is 14.4. The monoisotopic (exact) mass is 431 g/mol. The predicted octanol–water partition coefficient (Wildman–Crippen LogP) is 4.00. The number of benzene rings is 1. The first-order valence-electron chi connectivity index (χ1n) is 10.5. The van der Waals surface area contributed by atoms with Crippen LogP contribution in [0.2, 0.25) is 0 Å². The first-order chi connectivity index (χ1) is 15.4. The van der Waals surface area contributed by atoms with Gasteiger partial charge in [0, 0.05) is 6.20 Å². The minimum Gasteiger partial charge on any atom is -0.220 e. The van der Waals surface area contributed by atoms with Gasteiger partial charge in [-0.15, -0.1) is 10.2 Å². The van der Waals surface area contributed by atoms with Crippen LogP contribution < -0.4 is 0 Å². The second kappa shape index (κ2) is 6.44. The molecule has 0 amide bonds. The molecule has 1 saturated carbocycles. The molecule has 6 rings (SSSR count). The van der Waals surface area contributed by atoms with Crippen molar-refractivity contribution in [2.45, 2.75) is 38.0 Å². The fourth-order valence-corrected chi connectivity index (χ4v) is 5.77. The molecule has 2 aliphatic rings. The highest BCUT2D eigenvalue weighted by molar-refractivity contribution is 5.64. The Hall–Kier alpha value is -3.62. The molecule has 0 radical (unpaired) electrons. The number of aromatic nitrogens is 7. The van der Waals surface area contributed by atoms with E-state index in [1.54, 1.807) is 24.7 Å². The third kappa shape index (κ3) is 2.33. The van der Waals surface area contributed by atoms with Gasteiger partial charge in [0.05, 0.1) is 40.5 Å². The summed E-state index contributed by atoms with van der Waals surface area (Å²) in [5.41, 5.74) is 2.01. The Bertz CT molecular complexity index is 1330. The van der Waals surface area contributed by atoms with Gasteiger partial charge in [0.1, 0.15) is 11.6 Å². The molecule has 3 heterocycles. The smallest absolute Gasteiger partial charge is 0.220 e. The van der Waals surface area contributed by atoms with Crippen LogP contribution in [0.15, 0.2) is 48.9 Å². The lowest BCUT2D eigenvalue weighted by molar-refractivity contribution is 0.242. The van der Waals surface area contributed by atoms with Crippen molar-refractivity contribution < 1.29 is 8.78 Å². The first kappa shape index (κ1) is 19.1. The highest BCUT2D eigenvalue weighted by Crippen LogP contribution is 2.69. The van der Waals surface area contributed by atoms with Crippen molar-refractivity contribution in [3.05, 3.63) is 77.5 Å². The maximum Gasteiger partial charge on any atom is 0.252 e. The summed E-state index contributed by atoms with van der Waals surface area (Å²) in [6.45, 7) is 4.40. The van der Waals surface area contributed by atoms with Gasteiger partial charge in [0.2, 0.25) is 0 Å². The van der Waals surface area contributed by atoms with E-state index in [1.165, 1.54) is 22.9 Å². The Balaban J connectivity index is 1.54. The molecular weight excluding hydrogens is 412 g/mol. The van der Waals surface area contributed by atoms with Crippen LogP contribution >= 0.6 is 0 Å². The SMILES string of the molecule is CC1(C)[C@H]2CC[C@@]1(c1ccnc(-n3ccnn3)n1)c1nnc(-c3c(F)cccc3F)cc12. The Morgan fingerprint density at radius 2 is 1.88 bits per heavy atom. The van der Waals surface area contributed by atoms with E-state index in [-0.39, 0.29) is 22.6 Å². The van der Waals surface area contributed by atoms with Crippen LogP contribution in [0.25, 0.3) is 17.2 Å². The second-order valence-electron chi connectivity index (χ2n) is 8.94. The molecule has 0 unspecified atom stereocenters. The summed E-state index contributed by atoms with van der Waals surface area (Å²) in [7, 11) is 0. The number of nitrogens with zero attached hydrogens (tertiary/aromatic N) is 7. The Morgan fingerprint density at radius 1 is 1.06 bits per heavy atom. The Labute approximate surface area is 182 Å². The summed E-state index contributed by atoms with van der Waals surface area (Å²) < 4.78 is 30.3. The van der Waals surface area contributed by atoms with Crippen molar-refractivity contribution in [3.8, 4) is 17.2 Å². The third-order valence-electron chi connectivity index (χ3n) is 7.31. The molecule has 0 N–H and O–H groups in total. The van der Waals surface area contributed by atoms with Gasteiger partial charge in [0.25, 0.3) is 5.95 Å². The number of halogens is 2. The number of hydrogen-bond acceptors (Lipinski definition) is 6. The lowest BCUT2D eigenvalue weighted by Gasteiger charge is -2.37. The predicted molar refractivity (Wildman–Crippen MR) is 111 cm³/mol. The van der Waals surface area contributed by atoms with Gasteiger partial charge >= 0.3 is 0 Å². The molecule has 160 valence electrons. The van der Waals surface area contributed by atoms with Crippen molar-refractivity contribution in [1.82, 2.24) is 35.2 Å². The van der Waals surface area contributed by atoms with E-state index in [9.17, 15) is 8.78 Å². The van der Waals surface area contributed by atoms with Crippen LogP contribution in [0.5, 0.6) is 0 Å². The lowest BCUT2D eigenvalue weighted by atomic mass is 9.66. The Morgan fingerprint density at radius 3 is 2.62 bits per heavy atom. The topological polar surface area (TPSA) is 82.3 Å². The zero-order valence-electron chi connectivity index (χ0n) is 17.5.